The molecule has 0 aliphatic rings. The second-order valence-electron chi connectivity index (χ2n) is 10.0. The van der Waals surface area contributed by atoms with Crippen LogP contribution in [0, 0.1) is 16.0 Å². The quantitative estimate of drug-likeness (QED) is 0.0306. The molecule has 17 nitrogen and oxygen atoms in total. The Morgan fingerprint density at radius 1 is 0.952 bits per heavy atom. The van der Waals surface area contributed by atoms with Gasteiger partial charge in [0.25, 0.3) is 5.69 Å². The van der Waals surface area contributed by atoms with Crippen LogP contribution in [0.3, 0.4) is 0 Å². The maximum atomic E-state index is 13.1. The fraction of sp³-hybridized carbons (Fsp3) is 0.560. The number of aliphatic imine (C=N–C) groups is 1. The molecule has 0 aliphatic heterocycles. The topological polar surface area (TPSA) is 290 Å². The highest BCUT2D eigenvalue weighted by molar-refractivity contribution is 5.99. The van der Waals surface area contributed by atoms with Crippen LogP contribution in [0.4, 0.5) is 11.4 Å². The number of nitrogens with two attached hydrogens (primary N) is 3. The van der Waals surface area contributed by atoms with Crippen molar-refractivity contribution in [3.05, 3.63) is 34.4 Å². The molecule has 0 bridgehead atoms. The standard InChI is InChI=1S/C25H41N9O8/c1-13(2)11-17(26)21(37)32-19(12-35)23(39)33-20(14(3)36)24(40)31-18(5-4-10-29-25(27)28)22(38)30-15-6-8-16(9-7-15)34(41)42/h6-9,13-14,17-20,35-36H,4-5,10-12,26H2,1-3H3,(H,30,38)(H,31,40)(H,32,37)(H,33,39)(H4,27,28,29)/t14-,17-,18+,19+,20-/m0/s1. The Balaban J connectivity index is 3.03. The van der Waals surface area contributed by atoms with Gasteiger partial charge in [0, 0.05) is 24.4 Å². The van der Waals surface area contributed by atoms with E-state index in [2.05, 4.69) is 26.3 Å². The molecule has 5 atom stereocenters. The van der Waals surface area contributed by atoms with Gasteiger partial charge < -0.3 is 48.7 Å². The summed E-state index contributed by atoms with van der Waals surface area (Å²) in [5.74, 6) is -3.36. The van der Waals surface area contributed by atoms with Crippen molar-refractivity contribution in [1.29, 1.82) is 0 Å². The van der Waals surface area contributed by atoms with Crippen molar-refractivity contribution in [2.75, 3.05) is 18.5 Å². The van der Waals surface area contributed by atoms with Crippen LogP contribution < -0.4 is 38.5 Å². The highest BCUT2D eigenvalue weighted by Crippen LogP contribution is 2.16. The smallest absolute Gasteiger partial charge is 0.269 e. The van der Waals surface area contributed by atoms with E-state index in [4.69, 9.17) is 17.2 Å². The molecule has 42 heavy (non-hydrogen) atoms. The van der Waals surface area contributed by atoms with Gasteiger partial charge in [-0.1, -0.05) is 13.8 Å². The monoisotopic (exact) mass is 595 g/mol. The van der Waals surface area contributed by atoms with Crippen molar-refractivity contribution < 1.29 is 34.3 Å². The summed E-state index contributed by atoms with van der Waals surface area (Å²) in [6.07, 6.45) is -0.841. The SMILES string of the molecule is CC(C)C[C@H](N)C(=O)N[C@H](CO)C(=O)N[C@H](C(=O)N[C@H](CCCN=C(N)N)C(=O)Nc1ccc([N+](=O)[O-])cc1)[C@H](C)O. The number of carbonyl (C=O) groups excluding carboxylic acids is 4. The third-order valence-electron chi connectivity index (χ3n) is 5.86. The Hall–Kier alpha value is -4.35. The van der Waals surface area contributed by atoms with E-state index in [-0.39, 0.29) is 42.6 Å². The van der Waals surface area contributed by atoms with E-state index in [9.17, 15) is 39.5 Å². The molecule has 0 aromatic heterocycles. The average molecular weight is 596 g/mol. The Labute approximate surface area is 242 Å². The first-order valence-corrected chi connectivity index (χ1v) is 13.2. The van der Waals surface area contributed by atoms with Crippen molar-refractivity contribution in [3.8, 4) is 0 Å². The predicted molar refractivity (Wildman–Crippen MR) is 154 cm³/mol. The molecule has 0 aliphatic carbocycles. The number of non-ortho nitro benzene ring substituents is 1. The van der Waals surface area contributed by atoms with Crippen molar-refractivity contribution in [2.24, 2.45) is 28.1 Å². The fourth-order valence-electron chi connectivity index (χ4n) is 3.68. The summed E-state index contributed by atoms with van der Waals surface area (Å²) in [4.78, 5) is 65.4. The number of aliphatic hydroxyl groups is 2. The van der Waals surface area contributed by atoms with E-state index in [0.29, 0.717) is 6.42 Å². The number of aliphatic hydroxyl groups excluding tert-OH is 2. The number of hydrogen-bond acceptors (Lipinski definition) is 10. The summed E-state index contributed by atoms with van der Waals surface area (Å²) in [7, 11) is 0. The van der Waals surface area contributed by atoms with E-state index < -0.39 is 65.4 Å². The van der Waals surface area contributed by atoms with Crippen molar-refractivity contribution in [3.63, 3.8) is 0 Å². The van der Waals surface area contributed by atoms with E-state index in [1.54, 1.807) is 0 Å². The van der Waals surface area contributed by atoms with E-state index in [0.717, 1.165) is 0 Å². The lowest BCUT2D eigenvalue weighted by atomic mass is 10.0. The van der Waals surface area contributed by atoms with Gasteiger partial charge in [0.1, 0.15) is 18.1 Å². The summed E-state index contributed by atoms with van der Waals surface area (Å²) in [5, 5.41) is 40.4. The van der Waals surface area contributed by atoms with Gasteiger partial charge in [0.2, 0.25) is 23.6 Å². The fourth-order valence-corrected chi connectivity index (χ4v) is 3.68. The molecule has 1 rings (SSSR count). The number of nitrogens with one attached hydrogen (secondary N) is 4. The minimum absolute atomic E-state index is 0.0326. The molecule has 12 N–H and O–H groups in total. The zero-order chi connectivity index (χ0) is 32.0. The number of anilines is 1. The van der Waals surface area contributed by atoms with Crippen LogP contribution in [0.2, 0.25) is 0 Å². The predicted octanol–water partition coefficient (Wildman–Crippen LogP) is -2.21. The number of hydrogen-bond donors (Lipinski definition) is 9. The van der Waals surface area contributed by atoms with E-state index in [1.807, 2.05) is 13.8 Å². The molecule has 0 saturated heterocycles. The first-order valence-electron chi connectivity index (χ1n) is 13.2. The summed E-state index contributed by atoms with van der Waals surface area (Å²) in [6, 6.07) is -0.197. The lowest BCUT2D eigenvalue weighted by Gasteiger charge is -2.26. The Bertz CT molecular complexity index is 1110. The van der Waals surface area contributed by atoms with Gasteiger partial charge in [-0.25, -0.2) is 0 Å². The van der Waals surface area contributed by atoms with Gasteiger partial charge in [0.05, 0.1) is 23.7 Å². The maximum Gasteiger partial charge on any atom is 0.269 e. The van der Waals surface area contributed by atoms with E-state index in [1.165, 1.54) is 31.2 Å². The summed E-state index contributed by atoms with van der Waals surface area (Å²) in [5.41, 5.74) is 16.5. The first-order chi connectivity index (χ1) is 19.7. The number of nitrogens with zero attached hydrogens (tertiary/aromatic N) is 2. The number of nitro benzene ring substituents is 1. The molecular weight excluding hydrogens is 554 g/mol. The summed E-state index contributed by atoms with van der Waals surface area (Å²) >= 11 is 0. The number of guanidine groups is 1. The first kappa shape index (κ1) is 35.7. The minimum Gasteiger partial charge on any atom is -0.394 e. The number of rotatable bonds is 17. The number of carbonyl (C=O) groups is 4. The van der Waals surface area contributed by atoms with Gasteiger partial charge in [-0.3, -0.25) is 34.3 Å². The summed E-state index contributed by atoms with van der Waals surface area (Å²) in [6.45, 7) is 4.25. The molecule has 17 heteroatoms. The van der Waals surface area contributed by atoms with E-state index >= 15 is 0 Å². The average Bonchev–Trinajstić information content (AvgIpc) is 2.90. The highest BCUT2D eigenvalue weighted by Gasteiger charge is 2.32. The number of amides is 4. The lowest BCUT2D eigenvalue weighted by molar-refractivity contribution is -0.384. The molecule has 1 aromatic carbocycles. The third kappa shape index (κ3) is 12.4. The molecule has 0 spiro atoms. The molecular formula is C25H41N9O8. The number of benzene rings is 1. The molecule has 0 saturated carbocycles. The lowest BCUT2D eigenvalue weighted by Crippen LogP contribution is -2.60. The molecule has 4 amide bonds. The van der Waals surface area contributed by atoms with Crippen LogP contribution in [-0.2, 0) is 19.2 Å². The Kier molecular flexibility index (Phi) is 14.8. The van der Waals surface area contributed by atoms with Gasteiger partial charge in [-0.2, -0.15) is 0 Å². The zero-order valence-electron chi connectivity index (χ0n) is 23.8. The Morgan fingerprint density at radius 2 is 1.55 bits per heavy atom. The largest absolute Gasteiger partial charge is 0.394 e. The molecule has 1 aromatic rings. The van der Waals surface area contributed by atoms with Crippen molar-refractivity contribution >= 4 is 41.0 Å². The number of nitro groups is 1. The van der Waals surface area contributed by atoms with Gasteiger partial charge >= 0.3 is 0 Å². The highest BCUT2D eigenvalue weighted by atomic mass is 16.6. The van der Waals surface area contributed by atoms with Crippen molar-refractivity contribution in [2.45, 2.75) is 70.3 Å². The molecule has 0 unspecified atom stereocenters. The minimum atomic E-state index is -1.58. The maximum absolute atomic E-state index is 13.1. The van der Waals surface area contributed by atoms with Crippen molar-refractivity contribution in [1.82, 2.24) is 16.0 Å². The molecule has 0 fully saturated rings. The Morgan fingerprint density at radius 3 is 2.05 bits per heavy atom. The molecule has 0 radical (unpaired) electrons. The van der Waals surface area contributed by atoms with Crippen LogP contribution in [0.1, 0.15) is 40.0 Å². The second-order valence-corrected chi connectivity index (χ2v) is 10.0. The van der Waals surface area contributed by atoms with Crippen LogP contribution in [-0.4, -0.2) is 88.1 Å². The third-order valence-corrected chi connectivity index (χ3v) is 5.86. The zero-order valence-corrected chi connectivity index (χ0v) is 23.8. The van der Waals surface area contributed by atoms with Gasteiger partial charge in [-0.15, -0.1) is 0 Å². The van der Waals surface area contributed by atoms with Gasteiger partial charge in [-0.05, 0) is 44.2 Å². The van der Waals surface area contributed by atoms with Crippen LogP contribution >= 0.6 is 0 Å². The normalized spacial score (nSPS) is 14.5. The van der Waals surface area contributed by atoms with Gasteiger partial charge in [0.15, 0.2) is 5.96 Å². The van der Waals surface area contributed by atoms with Crippen LogP contribution in [0.15, 0.2) is 29.3 Å². The van der Waals surface area contributed by atoms with Crippen LogP contribution in [0.25, 0.3) is 0 Å². The second kappa shape index (κ2) is 17.5. The molecule has 0 heterocycles. The summed E-state index contributed by atoms with van der Waals surface area (Å²) < 4.78 is 0. The molecule has 234 valence electrons. The van der Waals surface area contributed by atoms with Crippen LogP contribution in [0.5, 0.6) is 0 Å².